The molecule has 0 fully saturated rings. The average molecular weight is 484 g/mol. The number of carboxylic acid groups (broad SMARTS) is 1. The highest BCUT2D eigenvalue weighted by Crippen LogP contribution is 2.26. The zero-order chi connectivity index (χ0) is 21.2. The van der Waals surface area contributed by atoms with Crippen LogP contribution in [0.4, 0.5) is 4.79 Å². The van der Waals surface area contributed by atoms with E-state index < -0.39 is 18.1 Å². The van der Waals surface area contributed by atoms with Gasteiger partial charge in [0.25, 0.3) is 0 Å². The molecule has 158 valence electrons. The minimum absolute atomic E-state index is 0.0998. The van der Waals surface area contributed by atoms with E-state index >= 15 is 0 Å². The van der Waals surface area contributed by atoms with Crippen molar-refractivity contribution in [1.82, 2.24) is 15.1 Å². The molecule has 1 atom stereocenters. The second-order valence-corrected chi connectivity index (χ2v) is 8.21. The van der Waals surface area contributed by atoms with Crippen LogP contribution in [-0.4, -0.2) is 38.7 Å². The molecule has 0 bridgehead atoms. The number of aryl methyl sites for hydroxylation is 2. The lowest BCUT2D eigenvalue weighted by atomic mass is 10.2. The summed E-state index contributed by atoms with van der Waals surface area (Å²) in [4.78, 5) is 23.4. The Labute approximate surface area is 183 Å². The molecule has 2 aromatic rings. The number of thioether (sulfide) groups is 1. The smallest absolute Gasteiger partial charge is 0.408 e. The van der Waals surface area contributed by atoms with Crippen LogP contribution in [0.5, 0.6) is 0 Å². The van der Waals surface area contributed by atoms with Crippen LogP contribution in [0.2, 0.25) is 0 Å². The first-order chi connectivity index (χ1) is 14.0. The van der Waals surface area contributed by atoms with Crippen molar-refractivity contribution in [3.63, 3.8) is 0 Å². The molecule has 0 saturated carbocycles. The highest BCUT2D eigenvalue weighted by Gasteiger charge is 2.21. The maximum atomic E-state index is 11.9. The maximum absolute atomic E-state index is 11.9. The topological polar surface area (TPSA) is 93.5 Å². The lowest BCUT2D eigenvalue weighted by Gasteiger charge is -2.14. The molecule has 0 saturated heterocycles. The van der Waals surface area contributed by atoms with Crippen molar-refractivity contribution in [3.8, 4) is 0 Å². The number of rotatable bonds is 11. The molecule has 2 rings (SSSR count). The number of halogens is 1. The van der Waals surface area contributed by atoms with Crippen LogP contribution in [0, 0.1) is 0 Å². The minimum atomic E-state index is -1.07. The summed E-state index contributed by atoms with van der Waals surface area (Å²) in [7, 11) is 0. The van der Waals surface area contributed by atoms with Crippen molar-refractivity contribution in [3.05, 3.63) is 51.8 Å². The van der Waals surface area contributed by atoms with Crippen LogP contribution in [0.25, 0.3) is 0 Å². The molecule has 1 aromatic carbocycles. The van der Waals surface area contributed by atoms with E-state index in [2.05, 4.69) is 33.3 Å². The van der Waals surface area contributed by atoms with Gasteiger partial charge in [-0.3, -0.25) is 4.68 Å². The third-order valence-electron chi connectivity index (χ3n) is 4.29. The van der Waals surface area contributed by atoms with Crippen LogP contribution in [0.15, 0.2) is 34.8 Å². The number of benzene rings is 1. The standard InChI is InChI=1S/C20H26BrN3O4S/c1-3-15-18(21)17(24(4-2)23-15)13-29-11-10-16(19(25)26)22-20(27)28-12-14-8-6-5-7-9-14/h5-9,16H,3-4,10-13H2,1-2H3,(H,22,27)(H,25,26). The average Bonchev–Trinajstić information content (AvgIpc) is 3.04. The van der Waals surface area contributed by atoms with Crippen molar-refractivity contribution in [2.75, 3.05) is 5.75 Å². The predicted molar refractivity (Wildman–Crippen MR) is 117 cm³/mol. The molecule has 29 heavy (non-hydrogen) atoms. The van der Waals surface area contributed by atoms with Crippen LogP contribution in [-0.2, 0) is 34.9 Å². The van der Waals surface area contributed by atoms with Gasteiger partial charge in [0, 0.05) is 12.3 Å². The van der Waals surface area contributed by atoms with E-state index in [4.69, 9.17) is 4.74 Å². The fourth-order valence-corrected chi connectivity index (χ4v) is 4.61. The SMILES string of the molecule is CCc1nn(CC)c(CSCCC(NC(=O)OCc2ccccc2)C(=O)O)c1Br. The molecule has 9 heteroatoms. The quantitative estimate of drug-likeness (QED) is 0.464. The van der Waals surface area contributed by atoms with Gasteiger partial charge in [0.2, 0.25) is 0 Å². The summed E-state index contributed by atoms with van der Waals surface area (Å²) in [6, 6.07) is 8.25. The van der Waals surface area contributed by atoms with Crippen LogP contribution >= 0.6 is 27.7 Å². The number of nitrogens with zero attached hydrogens (tertiary/aromatic N) is 2. The molecule has 1 aromatic heterocycles. The molecule has 1 unspecified atom stereocenters. The second-order valence-electron chi connectivity index (χ2n) is 6.31. The zero-order valence-corrected chi connectivity index (χ0v) is 19.0. The van der Waals surface area contributed by atoms with Gasteiger partial charge in [0.15, 0.2) is 0 Å². The molecule has 0 spiro atoms. The summed E-state index contributed by atoms with van der Waals surface area (Å²) in [5.41, 5.74) is 2.96. The Morgan fingerprint density at radius 2 is 2.03 bits per heavy atom. The minimum Gasteiger partial charge on any atom is -0.480 e. The van der Waals surface area contributed by atoms with Crippen molar-refractivity contribution < 1.29 is 19.4 Å². The Morgan fingerprint density at radius 3 is 2.66 bits per heavy atom. The fraction of sp³-hybridized carbons (Fsp3) is 0.450. The number of carbonyl (C=O) groups excluding carboxylic acids is 1. The summed E-state index contributed by atoms with van der Waals surface area (Å²) >= 11 is 5.22. The number of aromatic nitrogens is 2. The number of carboxylic acids is 1. The van der Waals surface area contributed by atoms with Gasteiger partial charge in [-0.05, 0) is 47.0 Å². The highest BCUT2D eigenvalue weighted by molar-refractivity contribution is 9.10. The van der Waals surface area contributed by atoms with E-state index in [9.17, 15) is 14.7 Å². The number of carbonyl (C=O) groups is 2. The molecule has 0 aliphatic rings. The van der Waals surface area contributed by atoms with Gasteiger partial charge in [-0.15, -0.1) is 0 Å². The van der Waals surface area contributed by atoms with E-state index in [1.165, 1.54) is 0 Å². The van der Waals surface area contributed by atoms with Crippen molar-refractivity contribution in [1.29, 1.82) is 0 Å². The Balaban J connectivity index is 1.80. The lowest BCUT2D eigenvalue weighted by Crippen LogP contribution is -2.41. The van der Waals surface area contributed by atoms with E-state index in [-0.39, 0.29) is 6.61 Å². The largest absolute Gasteiger partial charge is 0.480 e. The maximum Gasteiger partial charge on any atom is 0.408 e. The third-order valence-corrected chi connectivity index (χ3v) is 6.20. The molecular formula is C20H26BrN3O4S. The van der Waals surface area contributed by atoms with Crippen molar-refractivity contribution >= 4 is 39.8 Å². The summed E-state index contributed by atoms with van der Waals surface area (Å²) in [6.45, 7) is 4.98. The van der Waals surface area contributed by atoms with Gasteiger partial charge in [-0.25, -0.2) is 9.59 Å². The molecular weight excluding hydrogens is 458 g/mol. The van der Waals surface area contributed by atoms with Gasteiger partial charge < -0.3 is 15.2 Å². The van der Waals surface area contributed by atoms with E-state index in [1.54, 1.807) is 11.8 Å². The lowest BCUT2D eigenvalue weighted by molar-refractivity contribution is -0.139. The summed E-state index contributed by atoms with van der Waals surface area (Å²) in [5, 5.41) is 16.4. The first kappa shape index (κ1) is 23.3. The second kappa shape index (κ2) is 11.9. The van der Waals surface area contributed by atoms with Crippen LogP contribution < -0.4 is 5.32 Å². The van der Waals surface area contributed by atoms with Crippen LogP contribution in [0.3, 0.4) is 0 Å². The van der Waals surface area contributed by atoms with Gasteiger partial charge in [0.05, 0.1) is 15.9 Å². The van der Waals surface area contributed by atoms with Crippen LogP contribution in [0.1, 0.15) is 37.2 Å². The summed E-state index contributed by atoms with van der Waals surface area (Å²) in [5.74, 6) is 0.223. The molecule has 0 aliphatic heterocycles. The number of hydrogen-bond acceptors (Lipinski definition) is 5. The number of amides is 1. The molecule has 0 radical (unpaired) electrons. The molecule has 1 amide bonds. The summed E-state index contributed by atoms with van der Waals surface area (Å²) in [6.07, 6.45) is 0.422. The first-order valence-electron chi connectivity index (χ1n) is 9.48. The normalized spacial score (nSPS) is 11.8. The molecule has 1 heterocycles. The van der Waals surface area contributed by atoms with E-state index in [1.807, 2.05) is 41.9 Å². The van der Waals surface area contributed by atoms with E-state index in [0.29, 0.717) is 17.9 Å². The molecule has 0 aliphatic carbocycles. The van der Waals surface area contributed by atoms with Crippen molar-refractivity contribution in [2.24, 2.45) is 0 Å². The fourth-order valence-electron chi connectivity index (χ4n) is 2.69. The Morgan fingerprint density at radius 1 is 1.31 bits per heavy atom. The highest BCUT2D eigenvalue weighted by atomic mass is 79.9. The zero-order valence-electron chi connectivity index (χ0n) is 16.6. The van der Waals surface area contributed by atoms with Gasteiger partial charge >= 0.3 is 12.1 Å². The number of ether oxygens (including phenoxy) is 1. The molecule has 7 nitrogen and oxygen atoms in total. The van der Waals surface area contributed by atoms with Gasteiger partial charge in [0.1, 0.15) is 12.6 Å². The van der Waals surface area contributed by atoms with Gasteiger partial charge in [-0.1, -0.05) is 37.3 Å². The number of aliphatic carboxylic acids is 1. The monoisotopic (exact) mass is 483 g/mol. The number of alkyl carbamates (subject to hydrolysis) is 1. The summed E-state index contributed by atoms with van der Waals surface area (Å²) < 4.78 is 8.09. The third kappa shape index (κ3) is 7.08. The van der Waals surface area contributed by atoms with E-state index in [0.717, 1.165) is 34.4 Å². The first-order valence-corrected chi connectivity index (χ1v) is 11.4. The predicted octanol–water partition coefficient (Wildman–Crippen LogP) is 4.23. The van der Waals surface area contributed by atoms with Gasteiger partial charge in [-0.2, -0.15) is 16.9 Å². The number of hydrogen-bond donors (Lipinski definition) is 2. The molecule has 2 N–H and O–H groups in total. The Hall–Kier alpha value is -2.00. The Kier molecular flexibility index (Phi) is 9.53. The number of nitrogens with one attached hydrogen (secondary N) is 1. The Bertz CT molecular complexity index is 814. The van der Waals surface area contributed by atoms with Crippen molar-refractivity contribution in [2.45, 2.75) is 51.6 Å².